The van der Waals surface area contributed by atoms with Crippen molar-refractivity contribution in [1.29, 1.82) is 0 Å². The number of nitrogens with zero attached hydrogens (tertiary/aromatic N) is 1. The fourth-order valence-corrected chi connectivity index (χ4v) is 2.79. The fourth-order valence-electron chi connectivity index (χ4n) is 1.77. The summed E-state index contributed by atoms with van der Waals surface area (Å²) in [6.45, 7) is 7.75. The molecule has 1 aliphatic carbocycles. The van der Waals surface area contributed by atoms with Crippen molar-refractivity contribution in [2.45, 2.75) is 57.9 Å². The van der Waals surface area contributed by atoms with Gasteiger partial charge >= 0.3 is 0 Å². The Balaban J connectivity index is 1.78. The largest absolute Gasteiger partial charge is 0.314 e. The zero-order chi connectivity index (χ0) is 11.6. The molecular weight excluding hydrogens is 216 g/mol. The monoisotopic (exact) mass is 238 g/mol. The van der Waals surface area contributed by atoms with Crippen molar-refractivity contribution < 1.29 is 0 Å². The summed E-state index contributed by atoms with van der Waals surface area (Å²) in [5.41, 5.74) is 1.42. The van der Waals surface area contributed by atoms with E-state index in [1.54, 1.807) is 11.3 Å². The molecule has 0 saturated heterocycles. The second-order valence-electron chi connectivity index (χ2n) is 5.71. The van der Waals surface area contributed by atoms with Gasteiger partial charge in [-0.05, 0) is 12.8 Å². The van der Waals surface area contributed by atoms with Gasteiger partial charge in [-0.15, -0.1) is 11.3 Å². The van der Waals surface area contributed by atoms with Crippen LogP contribution in [-0.4, -0.2) is 17.6 Å². The van der Waals surface area contributed by atoms with Crippen LogP contribution in [-0.2, 0) is 11.8 Å². The van der Waals surface area contributed by atoms with Gasteiger partial charge in [0.05, 0.1) is 10.7 Å². The third-order valence-corrected chi connectivity index (χ3v) is 4.11. The summed E-state index contributed by atoms with van der Waals surface area (Å²) in [7, 11) is 0. The van der Waals surface area contributed by atoms with Crippen molar-refractivity contribution >= 4 is 11.3 Å². The first kappa shape index (κ1) is 12.1. The molecule has 1 aromatic rings. The third-order valence-electron chi connectivity index (χ3n) is 3.20. The summed E-state index contributed by atoms with van der Waals surface area (Å²) in [6, 6.07) is 0.794. The number of nitrogens with one attached hydrogen (secondary N) is 1. The average molecular weight is 238 g/mol. The van der Waals surface area contributed by atoms with Gasteiger partial charge in [0.1, 0.15) is 0 Å². The Hall–Kier alpha value is -0.410. The van der Waals surface area contributed by atoms with Crippen LogP contribution in [0.4, 0.5) is 0 Å². The molecule has 0 spiro atoms. The molecule has 1 N–H and O–H groups in total. The van der Waals surface area contributed by atoms with Crippen LogP contribution < -0.4 is 5.32 Å². The number of aromatic nitrogens is 1. The Labute approximate surface area is 102 Å². The highest BCUT2D eigenvalue weighted by Crippen LogP contribution is 2.24. The van der Waals surface area contributed by atoms with Gasteiger partial charge in [-0.2, -0.15) is 0 Å². The van der Waals surface area contributed by atoms with Crippen molar-refractivity contribution in [3.05, 3.63) is 16.1 Å². The minimum absolute atomic E-state index is 0.191. The van der Waals surface area contributed by atoms with Gasteiger partial charge in [0.25, 0.3) is 0 Å². The molecule has 90 valence electrons. The lowest BCUT2D eigenvalue weighted by Crippen LogP contribution is -2.36. The van der Waals surface area contributed by atoms with Crippen LogP contribution in [0.15, 0.2) is 5.38 Å². The Kier molecular flexibility index (Phi) is 3.65. The van der Waals surface area contributed by atoms with Crippen LogP contribution in [0.3, 0.4) is 0 Å². The molecule has 0 aromatic carbocycles. The van der Waals surface area contributed by atoms with Gasteiger partial charge in [-0.25, -0.2) is 4.98 Å². The highest BCUT2D eigenvalue weighted by Gasteiger charge is 2.18. The lowest BCUT2D eigenvalue weighted by molar-refractivity contribution is 0.342. The Morgan fingerprint density at radius 2 is 2.19 bits per heavy atom. The quantitative estimate of drug-likeness (QED) is 0.871. The van der Waals surface area contributed by atoms with Gasteiger partial charge < -0.3 is 5.32 Å². The van der Waals surface area contributed by atoms with E-state index in [-0.39, 0.29) is 5.41 Å². The van der Waals surface area contributed by atoms with Crippen molar-refractivity contribution in [3.8, 4) is 0 Å². The minimum atomic E-state index is 0.191. The maximum Gasteiger partial charge on any atom is 0.0941 e. The number of hydrogen-bond donors (Lipinski definition) is 1. The van der Waals surface area contributed by atoms with E-state index in [4.69, 9.17) is 4.98 Å². The lowest BCUT2D eigenvalue weighted by Gasteiger charge is -2.26. The van der Waals surface area contributed by atoms with Gasteiger partial charge in [0.15, 0.2) is 0 Å². The van der Waals surface area contributed by atoms with E-state index in [1.165, 1.54) is 30.0 Å². The zero-order valence-electron chi connectivity index (χ0n) is 10.5. The van der Waals surface area contributed by atoms with Crippen LogP contribution in [0.25, 0.3) is 0 Å². The summed E-state index contributed by atoms with van der Waals surface area (Å²) >= 11 is 1.80. The molecule has 1 aliphatic rings. The van der Waals surface area contributed by atoms with Crippen molar-refractivity contribution in [3.63, 3.8) is 0 Å². The van der Waals surface area contributed by atoms with E-state index in [0.29, 0.717) is 0 Å². The zero-order valence-corrected chi connectivity index (χ0v) is 11.4. The molecule has 1 fully saturated rings. The first-order valence-electron chi connectivity index (χ1n) is 6.24. The molecule has 16 heavy (non-hydrogen) atoms. The molecule has 3 heteroatoms. The molecule has 0 bridgehead atoms. The molecule has 2 rings (SSSR count). The van der Waals surface area contributed by atoms with Gasteiger partial charge in [-0.3, -0.25) is 0 Å². The minimum Gasteiger partial charge on any atom is -0.314 e. The summed E-state index contributed by atoms with van der Waals surface area (Å²) < 4.78 is 0. The van der Waals surface area contributed by atoms with E-state index in [9.17, 15) is 0 Å². The molecule has 1 aromatic heterocycles. The second-order valence-corrected chi connectivity index (χ2v) is 6.65. The van der Waals surface area contributed by atoms with Crippen molar-refractivity contribution in [2.24, 2.45) is 0 Å². The lowest BCUT2D eigenvalue weighted by atomic mass is 9.93. The van der Waals surface area contributed by atoms with Crippen LogP contribution in [0.2, 0.25) is 0 Å². The van der Waals surface area contributed by atoms with Gasteiger partial charge in [0.2, 0.25) is 0 Å². The maximum atomic E-state index is 4.70. The van der Waals surface area contributed by atoms with E-state index in [0.717, 1.165) is 19.0 Å². The Bertz CT molecular complexity index is 334. The Morgan fingerprint density at radius 1 is 1.44 bits per heavy atom. The predicted octanol–water partition coefficient (Wildman–Crippen LogP) is 3.13. The first-order valence-corrected chi connectivity index (χ1v) is 7.12. The molecule has 1 heterocycles. The molecule has 0 unspecified atom stereocenters. The molecule has 2 nitrogen and oxygen atoms in total. The van der Waals surface area contributed by atoms with Crippen molar-refractivity contribution in [2.75, 3.05) is 6.54 Å². The molecule has 0 atom stereocenters. The Morgan fingerprint density at radius 3 is 2.69 bits per heavy atom. The number of thiazole rings is 1. The first-order chi connectivity index (χ1) is 7.55. The molecule has 0 aliphatic heterocycles. The molecule has 0 amide bonds. The fraction of sp³-hybridized carbons (Fsp3) is 0.769. The van der Waals surface area contributed by atoms with Crippen LogP contribution in [0, 0.1) is 0 Å². The smallest absolute Gasteiger partial charge is 0.0941 e. The normalized spacial score (nSPS) is 17.4. The molecule has 0 radical (unpaired) electrons. The molecule has 1 saturated carbocycles. The van der Waals surface area contributed by atoms with E-state index in [2.05, 4.69) is 31.5 Å². The van der Waals surface area contributed by atoms with Crippen molar-refractivity contribution in [1.82, 2.24) is 10.3 Å². The summed E-state index contributed by atoms with van der Waals surface area (Å²) in [5, 5.41) is 7.06. The van der Waals surface area contributed by atoms with E-state index < -0.39 is 0 Å². The third kappa shape index (κ3) is 3.05. The van der Waals surface area contributed by atoms with E-state index >= 15 is 0 Å². The second kappa shape index (κ2) is 4.84. The standard InChI is InChI=1S/C13H22N2S/c1-13(2,3)11-9-16-12(15-11)7-8-14-10-5-4-6-10/h9-10,14H,4-8H2,1-3H3. The SMILES string of the molecule is CC(C)(C)c1csc(CCNC2CCC2)n1. The highest BCUT2D eigenvalue weighted by molar-refractivity contribution is 7.09. The molecular formula is C13H22N2S. The van der Waals surface area contributed by atoms with Gasteiger partial charge in [-0.1, -0.05) is 27.2 Å². The predicted molar refractivity (Wildman–Crippen MR) is 70.2 cm³/mol. The summed E-state index contributed by atoms with van der Waals surface area (Å²) in [5.74, 6) is 0. The van der Waals surface area contributed by atoms with Crippen LogP contribution in [0.5, 0.6) is 0 Å². The summed E-state index contributed by atoms with van der Waals surface area (Å²) in [4.78, 5) is 4.70. The average Bonchev–Trinajstić information content (AvgIpc) is 2.56. The van der Waals surface area contributed by atoms with E-state index in [1.807, 2.05) is 0 Å². The maximum absolute atomic E-state index is 4.70. The number of rotatable bonds is 4. The van der Waals surface area contributed by atoms with Gasteiger partial charge in [0, 0.05) is 29.8 Å². The summed E-state index contributed by atoms with van der Waals surface area (Å²) in [6.07, 6.45) is 5.22. The van der Waals surface area contributed by atoms with Crippen LogP contribution in [0.1, 0.15) is 50.7 Å². The topological polar surface area (TPSA) is 24.9 Å². The number of hydrogen-bond acceptors (Lipinski definition) is 3. The van der Waals surface area contributed by atoms with Crippen LogP contribution >= 0.6 is 11.3 Å². The highest BCUT2D eigenvalue weighted by atomic mass is 32.1.